The van der Waals surface area contributed by atoms with E-state index in [1.54, 1.807) is 59.3 Å². The van der Waals surface area contributed by atoms with E-state index in [1.165, 1.54) is 0 Å². The van der Waals surface area contributed by atoms with E-state index in [0.717, 1.165) is 12.8 Å². The van der Waals surface area contributed by atoms with Crippen molar-refractivity contribution >= 4 is 29.0 Å². The van der Waals surface area contributed by atoms with Crippen LogP contribution in [0.2, 0.25) is 5.02 Å². The molecule has 1 aliphatic carbocycles. The molecule has 0 bridgehead atoms. The molecule has 2 aromatic carbocycles. The fourth-order valence-electron chi connectivity index (χ4n) is 4.03. The number of carbonyl (C=O) groups excluding carboxylic acids is 1. The van der Waals surface area contributed by atoms with E-state index < -0.39 is 12.6 Å². The number of benzene rings is 2. The lowest BCUT2D eigenvalue weighted by Crippen LogP contribution is -2.25. The molecule has 3 N–H and O–H groups in total. The lowest BCUT2D eigenvalue weighted by molar-refractivity contribution is -0.131. The first-order chi connectivity index (χ1) is 17.7. The van der Waals surface area contributed by atoms with Crippen LogP contribution in [0, 0.1) is 0 Å². The van der Waals surface area contributed by atoms with Gasteiger partial charge < -0.3 is 15.7 Å². The number of rotatable bonds is 8. The van der Waals surface area contributed by atoms with E-state index in [0.29, 0.717) is 39.3 Å². The van der Waals surface area contributed by atoms with Crippen LogP contribution in [0.5, 0.6) is 0 Å². The normalized spacial score (nSPS) is 13.6. The molecule has 0 aliphatic heterocycles. The minimum Gasteiger partial charge on any atom is -0.392 e. The van der Waals surface area contributed by atoms with Crippen molar-refractivity contribution in [1.29, 1.82) is 0 Å². The molecule has 2 heterocycles. The summed E-state index contributed by atoms with van der Waals surface area (Å²) in [7, 11) is 0. The number of carbonyl (C=O) groups is 1. The first kappa shape index (κ1) is 25.0. The van der Waals surface area contributed by atoms with Crippen LogP contribution in [-0.2, 0) is 6.61 Å². The standard InChI is InChI=1S/C26H23ClF3N5O2/c27-20-11-15(5-8-19(20)25(37)33-17-6-7-17)22-12-32-24-23(31-10-9-26(28,29)30)34-21(13-35(22)24)18-4-2-1-3-16(18)14-36/h1-5,8,11-13,17,36H,6-7,9-10,14H2,(H,31,34)(H,33,37). The Hall–Kier alpha value is -3.63. The van der Waals surface area contributed by atoms with E-state index >= 15 is 0 Å². The summed E-state index contributed by atoms with van der Waals surface area (Å²) in [6.45, 7) is -0.612. The Kier molecular flexibility index (Phi) is 6.78. The van der Waals surface area contributed by atoms with Gasteiger partial charge in [0.2, 0.25) is 0 Å². The number of hydrogen-bond donors (Lipinski definition) is 3. The Morgan fingerprint density at radius 2 is 1.97 bits per heavy atom. The summed E-state index contributed by atoms with van der Waals surface area (Å²) in [4.78, 5) is 21.4. The molecular formula is C26H23ClF3N5O2. The zero-order chi connectivity index (χ0) is 26.2. The molecule has 11 heteroatoms. The highest BCUT2D eigenvalue weighted by Crippen LogP contribution is 2.32. The Labute approximate surface area is 215 Å². The number of amides is 1. The maximum atomic E-state index is 12.8. The first-order valence-corrected chi connectivity index (χ1v) is 12.1. The molecule has 0 atom stereocenters. The summed E-state index contributed by atoms with van der Waals surface area (Å²) < 4.78 is 40.1. The molecule has 0 radical (unpaired) electrons. The summed E-state index contributed by atoms with van der Waals surface area (Å²) >= 11 is 6.46. The molecule has 1 amide bonds. The number of aromatic nitrogens is 3. The van der Waals surface area contributed by atoms with Crippen molar-refractivity contribution in [3.8, 4) is 22.5 Å². The minimum absolute atomic E-state index is 0.173. The van der Waals surface area contributed by atoms with E-state index in [1.807, 2.05) is 0 Å². The van der Waals surface area contributed by atoms with Crippen LogP contribution in [-0.4, -0.2) is 44.1 Å². The summed E-state index contributed by atoms with van der Waals surface area (Å²) in [5.41, 5.74) is 3.65. The Morgan fingerprint density at radius 1 is 1.19 bits per heavy atom. The van der Waals surface area contributed by atoms with E-state index in [-0.39, 0.29) is 35.9 Å². The van der Waals surface area contributed by atoms with Gasteiger partial charge in [0.15, 0.2) is 11.5 Å². The zero-order valence-electron chi connectivity index (χ0n) is 19.5. The van der Waals surface area contributed by atoms with Crippen molar-refractivity contribution in [2.75, 3.05) is 11.9 Å². The second-order valence-electron chi connectivity index (χ2n) is 8.86. The Morgan fingerprint density at radius 3 is 2.68 bits per heavy atom. The van der Waals surface area contributed by atoms with Gasteiger partial charge in [0, 0.05) is 29.9 Å². The number of nitrogens with one attached hydrogen (secondary N) is 2. The molecule has 0 saturated heterocycles. The number of imidazole rings is 1. The lowest BCUT2D eigenvalue weighted by atomic mass is 10.1. The topological polar surface area (TPSA) is 91.5 Å². The zero-order valence-corrected chi connectivity index (χ0v) is 20.3. The molecule has 5 rings (SSSR count). The summed E-state index contributed by atoms with van der Waals surface area (Å²) in [5, 5.41) is 15.8. The number of alkyl halides is 3. The highest BCUT2D eigenvalue weighted by atomic mass is 35.5. The third-order valence-electron chi connectivity index (χ3n) is 6.08. The molecule has 0 unspecified atom stereocenters. The van der Waals surface area contributed by atoms with Crippen LogP contribution in [0.1, 0.15) is 35.2 Å². The fraction of sp³-hybridized carbons (Fsp3) is 0.269. The van der Waals surface area contributed by atoms with Crippen LogP contribution in [0.4, 0.5) is 19.0 Å². The summed E-state index contributed by atoms with van der Waals surface area (Å²) in [6, 6.07) is 12.3. The van der Waals surface area contributed by atoms with Gasteiger partial charge in [0.05, 0.1) is 41.2 Å². The molecule has 4 aromatic rings. The average molecular weight is 530 g/mol. The van der Waals surface area contributed by atoms with Crippen molar-refractivity contribution in [2.24, 2.45) is 0 Å². The Bertz CT molecular complexity index is 1470. The number of fused-ring (bicyclic) bond motifs is 1. The number of aliphatic hydroxyl groups is 1. The van der Waals surface area contributed by atoms with E-state index in [2.05, 4.69) is 20.6 Å². The lowest BCUT2D eigenvalue weighted by Gasteiger charge is -2.14. The van der Waals surface area contributed by atoms with Crippen molar-refractivity contribution in [1.82, 2.24) is 19.7 Å². The maximum absolute atomic E-state index is 12.8. The van der Waals surface area contributed by atoms with Crippen molar-refractivity contribution in [3.63, 3.8) is 0 Å². The number of halogens is 4. The molecule has 7 nitrogen and oxygen atoms in total. The predicted molar refractivity (Wildman–Crippen MR) is 134 cm³/mol. The molecule has 1 fully saturated rings. The monoisotopic (exact) mass is 529 g/mol. The van der Waals surface area contributed by atoms with Gasteiger partial charge in [-0.15, -0.1) is 0 Å². The molecule has 1 aliphatic rings. The van der Waals surface area contributed by atoms with Gasteiger partial charge in [0.25, 0.3) is 5.91 Å². The number of aliphatic hydroxyl groups excluding tert-OH is 1. The van der Waals surface area contributed by atoms with Gasteiger partial charge >= 0.3 is 6.18 Å². The second kappa shape index (κ2) is 10.0. The summed E-state index contributed by atoms with van der Waals surface area (Å²) in [6.07, 6.45) is -0.163. The van der Waals surface area contributed by atoms with Crippen LogP contribution >= 0.6 is 11.6 Å². The first-order valence-electron chi connectivity index (χ1n) is 11.7. The summed E-state index contributed by atoms with van der Waals surface area (Å²) in [5.74, 6) is -0.0623. The molecular weight excluding hydrogens is 507 g/mol. The molecule has 2 aromatic heterocycles. The van der Waals surface area contributed by atoms with Crippen LogP contribution in [0.15, 0.2) is 54.9 Å². The Balaban J connectivity index is 1.57. The highest BCUT2D eigenvalue weighted by Gasteiger charge is 2.27. The highest BCUT2D eigenvalue weighted by molar-refractivity contribution is 6.34. The number of nitrogens with zero attached hydrogens (tertiary/aromatic N) is 3. The van der Waals surface area contributed by atoms with Gasteiger partial charge in [-0.1, -0.05) is 41.9 Å². The smallest absolute Gasteiger partial charge is 0.390 e. The van der Waals surface area contributed by atoms with Gasteiger partial charge in [-0.05, 0) is 30.5 Å². The SMILES string of the molecule is O=C(NC1CC1)c1ccc(-c2cnc3c(NCCC(F)(F)F)nc(-c4ccccc4CO)cn23)cc1Cl. The van der Waals surface area contributed by atoms with Gasteiger partial charge in [-0.25, -0.2) is 9.97 Å². The largest absolute Gasteiger partial charge is 0.392 e. The third-order valence-corrected chi connectivity index (χ3v) is 6.39. The van der Waals surface area contributed by atoms with Crippen LogP contribution in [0.3, 0.4) is 0 Å². The predicted octanol–water partition coefficient (Wildman–Crippen LogP) is 5.47. The number of hydrogen-bond acceptors (Lipinski definition) is 5. The molecule has 1 saturated carbocycles. The average Bonchev–Trinajstić information content (AvgIpc) is 3.57. The third kappa shape index (κ3) is 5.55. The second-order valence-corrected chi connectivity index (χ2v) is 9.27. The quantitative estimate of drug-likeness (QED) is 0.282. The van der Waals surface area contributed by atoms with Gasteiger partial charge in [-0.3, -0.25) is 9.20 Å². The van der Waals surface area contributed by atoms with Crippen molar-refractivity contribution < 1.29 is 23.1 Å². The molecule has 0 spiro atoms. The van der Waals surface area contributed by atoms with Crippen LogP contribution in [0.25, 0.3) is 28.2 Å². The van der Waals surface area contributed by atoms with E-state index in [9.17, 15) is 23.1 Å². The van der Waals surface area contributed by atoms with Gasteiger partial charge in [0.1, 0.15) is 0 Å². The number of anilines is 1. The fourth-order valence-corrected chi connectivity index (χ4v) is 4.30. The van der Waals surface area contributed by atoms with Crippen molar-refractivity contribution in [3.05, 3.63) is 71.0 Å². The van der Waals surface area contributed by atoms with Gasteiger partial charge in [-0.2, -0.15) is 13.2 Å². The maximum Gasteiger partial charge on any atom is 0.390 e. The van der Waals surface area contributed by atoms with Crippen molar-refractivity contribution in [2.45, 2.75) is 38.1 Å². The van der Waals surface area contributed by atoms with Crippen LogP contribution < -0.4 is 10.6 Å². The molecule has 192 valence electrons. The molecule has 37 heavy (non-hydrogen) atoms. The minimum atomic E-state index is -4.32. The van der Waals surface area contributed by atoms with E-state index in [4.69, 9.17) is 11.6 Å².